The zero-order chi connectivity index (χ0) is 24.3. The summed E-state index contributed by atoms with van der Waals surface area (Å²) in [5.74, 6) is -1.21. The Bertz CT molecular complexity index is 1340. The smallest absolute Gasteiger partial charge is 0.287 e. The Morgan fingerprint density at radius 2 is 1.88 bits per heavy atom. The van der Waals surface area contributed by atoms with Crippen LogP contribution in [0.4, 0.5) is 5.69 Å². The van der Waals surface area contributed by atoms with Gasteiger partial charge in [-0.05, 0) is 30.2 Å². The van der Waals surface area contributed by atoms with E-state index < -0.39 is 22.0 Å². The number of hydrogen-bond acceptors (Lipinski definition) is 7. The molecule has 2 heterocycles. The maximum Gasteiger partial charge on any atom is 0.287 e. The maximum atomic E-state index is 12.8. The molecule has 34 heavy (non-hydrogen) atoms. The molecular formula is C23H23N5O5S. The van der Waals surface area contributed by atoms with Gasteiger partial charge < -0.3 is 20.4 Å². The van der Waals surface area contributed by atoms with E-state index in [1.54, 1.807) is 19.1 Å². The highest BCUT2D eigenvalue weighted by Gasteiger charge is 2.30. The number of oxazole rings is 1. The van der Waals surface area contributed by atoms with Crippen molar-refractivity contribution in [1.82, 2.24) is 15.6 Å². The van der Waals surface area contributed by atoms with Gasteiger partial charge in [0, 0.05) is 13.5 Å². The number of carbonyl (C=O) groups excluding carboxylic acids is 2. The largest absolute Gasteiger partial charge is 0.448 e. The van der Waals surface area contributed by atoms with Crippen LogP contribution in [0.5, 0.6) is 0 Å². The zero-order valence-corrected chi connectivity index (χ0v) is 19.3. The predicted octanol–water partition coefficient (Wildman–Crippen LogP) is 2.33. The van der Waals surface area contributed by atoms with Gasteiger partial charge in [-0.15, -0.1) is 4.40 Å². The number of nitrogens with zero attached hydrogens (tertiary/aromatic N) is 2. The predicted molar refractivity (Wildman–Crippen MR) is 125 cm³/mol. The number of nitrogens with one attached hydrogen (secondary N) is 3. The van der Waals surface area contributed by atoms with Gasteiger partial charge in [-0.1, -0.05) is 36.4 Å². The van der Waals surface area contributed by atoms with Gasteiger partial charge in [-0.3, -0.25) is 9.59 Å². The first-order valence-corrected chi connectivity index (χ1v) is 11.9. The molecule has 1 aliphatic heterocycles. The van der Waals surface area contributed by atoms with Crippen LogP contribution in [0, 0.1) is 0 Å². The lowest BCUT2D eigenvalue weighted by molar-refractivity contribution is -0.119. The van der Waals surface area contributed by atoms with Crippen LogP contribution >= 0.6 is 0 Å². The van der Waals surface area contributed by atoms with E-state index in [-0.39, 0.29) is 34.8 Å². The summed E-state index contributed by atoms with van der Waals surface area (Å²) in [5, 5.41) is 8.21. The van der Waals surface area contributed by atoms with Gasteiger partial charge in [0.25, 0.3) is 15.9 Å². The van der Waals surface area contributed by atoms with Crippen LogP contribution in [0.1, 0.15) is 42.8 Å². The van der Waals surface area contributed by atoms with Crippen LogP contribution in [0.25, 0.3) is 0 Å². The summed E-state index contributed by atoms with van der Waals surface area (Å²) in [6, 6.07) is 13.6. The van der Waals surface area contributed by atoms with Crippen LogP contribution in [-0.4, -0.2) is 37.6 Å². The van der Waals surface area contributed by atoms with Crippen LogP contribution in [0.2, 0.25) is 0 Å². The lowest BCUT2D eigenvalue weighted by Gasteiger charge is -2.21. The fourth-order valence-electron chi connectivity index (χ4n) is 3.65. The molecule has 0 fully saturated rings. The number of amides is 2. The maximum absolute atomic E-state index is 12.8. The van der Waals surface area contributed by atoms with Crippen molar-refractivity contribution in [3.8, 4) is 0 Å². The van der Waals surface area contributed by atoms with E-state index in [2.05, 4.69) is 25.3 Å². The fraction of sp³-hybridized carbons (Fsp3) is 0.217. The lowest BCUT2D eigenvalue weighted by Crippen LogP contribution is -2.40. The molecule has 0 spiro atoms. The number of rotatable bonds is 7. The molecule has 0 radical (unpaired) electrons. The Morgan fingerprint density at radius 1 is 1.12 bits per heavy atom. The van der Waals surface area contributed by atoms with Gasteiger partial charge in [0.1, 0.15) is 11.2 Å². The summed E-state index contributed by atoms with van der Waals surface area (Å²) in [7, 11) is -4.13. The van der Waals surface area contributed by atoms with Crippen LogP contribution in [0.15, 0.2) is 74.7 Å². The number of aromatic nitrogens is 1. The molecule has 2 amide bonds. The average molecular weight is 482 g/mol. The highest BCUT2D eigenvalue weighted by atomic mass is 32.2. The number of anilines is 1. The van der Waals surface area contributed by atoms with Crippen molar-refractivity contribution in [3.05, 3.63) is 78.0 Å². The third-order valence-corrected chi connectivity index (χ3v) is 6.62. The summed E-state index contributed by atoms with van der Waals surface area (Å²) >= 11 is 0. The van der Waals surface area contributed by atoms with E-state index in [0.717, 1.165) is 5.56 Å². The highest BCUT2D eigenvalue weighted by molar-refractivity contribution is 7.90. The molecule has 11 heteroatoms. The topological polar surface area (TPSA) is 143 Å². The molecule has 0 aliphatic carbocycles. The Hall–Kier alpha value is -3.99. The summed E-state index contributed by atoms with van der Waals surface area (Å²) in [6.45, 7) is 3.24. The molecule has 1 aliphatic rings. The molecule has 2 aromatic carbocycles. The number of amidine groups is 1. The third kappa shape index (κ3) is 4.99. The van der Waals surface area contributed by atoms with E-state index in [1.165, 1.54) is 25.5 Å². The van der Waals surface area contributed by atoms with Gasteiger partial charge in [0.05, 0.1) is 23.8 Å². The highest BCUT2D eigenvalue weighted by Crippen LogP contribution is 2.30. The second-order valence-electron chi connectivity index (χ2n) is 7.76. The first kappa shape index (κ1) is 23.2. The quantitative estimate of drug-likeness (QED) is 0.470. The molecular weight excluding hydrogens is 458 g/mol. The van der Waals surface area contributed by atoms with E-state index in [4.69, 9.17) is 4.42 Å². The zero-order valence-electron chi connectivity index (χ0n) is 18.5. The van der Waals surface area contributed by atoms with Gasteiger partial charge >= 0.3 is 0 Å². The van der Waals surface area contributed by atoms with Crippen LogP contribution < -0.4 is 16.0 Å². The molecule has 176 valence electrons. The average Bonchev–Trinajstić information content (AvgIpc) is 3.33. The van der Waals surface area contributed by atoms with E-state index in [1.807, 2.05) is 30.3 Å². The molecule has 0 bridgehead atoms. The van der Waals surface area contributed by atoms with Gasteiger partial charge in [0.2, 0.25) is 17.6 Å². The first-order valence-electron chi connectivity index (χ1n) is 10.5. The number of carbonyl (C=O) groups is 2. The van der Waals surface area contributed by atoms with Crippen LogP contribution in [-0.2, 0) is 19.6 Å². The number of hydrogen-bond donors (Lipinski definition) is 3. The van der Waals surface area contributed by atoms with E-state index >= 15 is 0 Å². The van der Waals surface area contributed by atoms with Crippen molar-refractivity contribution in [2.45, 2.75) is 30.7 Å². The Kier molecular flexibility index (Phi) is 6.46. The summed E-state index contributed by atoms with van der Waals surface area (Å²) in [6.07, 6.45) is 2.97. The van der Waals surface area contributed by atoms with Crippen molar-refractivity contribution < 1.29 is 22.4 Å². The van der Waals surface area contributed by atoms with Gasteiger partial charge in [-0.2, -0.15) is 8.42 Å². The van der Waals surface area contributed by atoms with E-state index in [0.29, 0.717) is 11.5 Å². The Morgan fingerprint density at radius 3 is 2.56 bits per heavy atom. The van der Waals surface area contributed by atoms with Crippen molar-refractivity contribution >= 4 is 33.4 Å². The van der Waals surface area contributed by atoms with Gasteiger partial charge in [-0.25, -0.2) is 4.98 Å². The summed E-state index contributed by atoms with van der Waals surface area (Å²) in [4.78, 5) is 28.3. The fourth-order valence-corrected chi connectivity index (χ4v) is 4.80. The van der Waals surface area contributed by atoms with Crippen molar-refractivity contribution in [2.75, 3.05) is 11.9 Å². The molecule has 4 rings (SSSR count). The molecule has 1 aromatic heterocycles. The van der Waals surface area contributed by atoms with Gasteiger partial charge in [0.15, 0.2) is 0 Å². The minimum absolute atomic E-state index is 0.0688. The molecule has 0 saturated heterocycles. The molecule has 3 N–H and O–H groups in total. The minimum atomic E-state index is -4.13. The standard InChI is InChI=1S/C23H23N5O5S/c1-14(26-15(2)29)17-8-9-19-20(12-17)34(31,32)28-21(27-19)22(30)25-13-18(23-24-10-11-33-23)16-6-4-3-5-7-16/h3-12,14,18H,13H2,1-2H3,(H,25,30)(H,26,29)(H,27,28). The number of benzene rings is 2. The van der Waals surface area contributed by atoms with Crippen molar-refractivity contribution in [2.24, 2.45) is 4.40 Å². The SMILES string of the molecule is CC(=O)NC(C)c1ccc2c(c1)S(=O)(=O)N=C(C(=O)NCC(c1ccccc1)c1ncco1)N2. The lowest BCUT2D eigenvalue weighted by atomic mass is 9.99. The molecule has 3 aromatic rings. The molecule has 0 saturated carbocycles. The summed E-state index contributed by atoms with van der Waals surface area (Å²) in [5.41, 5.74) is 1.70. The minimum Gasteiger partial charge on any atom is -0.448 e. The Balaban J connectivity index is 1.53. The number of fused-ring (bicyclic) bond motifs is 1. The molecule has 10 nitrogen and oxygen atoms in total. The summed E-state index contributed by atoms with van der Waals surface area (Å²) < 4.78 is 34.7. The van der Waals surface area contributed by atoms with Crippen molar-refractivity contribution in [1.29, 1.82) is 0 Å². The third-order valence-electron chi connectivity index (χ3n) is 5.30. The second kappa shape index (κ2) is 9.48. The molecule has 2 unspecified atom stereocenters. The van der Waals surface area contributed by atoms with Crippen molar-refractivity contribution in [3.63, 3.8) is 0 Å². The second-order valence-corrected chi connectivity index (χ2v) is 9.33. The normalized spacial score (nSPS) is 15.8. The van der Waals surface area contributed by atoms with E-state index in [9.17, 15) is 18.0 Å². The monoisotopic (exact) mass is 481 g/mol. The molecule has 2 atom stereocenters. The Labute approximate surface area is 196 Å². The first-order chi connectivity index (χ1) is 16.2. The number of sulfonamides is 1. The van der Waals surface area contributed by atoms with Crippen LogP contribution in [0.3, 0.4) is 0 Å².